The third-order valence-corrected chi connectivity index (χ3v) is 5.50. The fourth-order valence-corrected chi connectivity index (χ4v) is 4.20. The molecule has 8 heteroatoms. The molecule has 1 fully saturated rings. The standard InChI is InChI=1S/C19H28ClN3O3S/c1-19(2,3)26-18(25)23-15(16(24)21-10-11-22(4)5)12-27-17(23)13-6-8-14(20)9-7-13/h6-9,15,17H,10-12H2,1-5H3,(H,21,24). The highest BCUT2D eigenvalue weighted by atomic mass is 35.5. The summed E-state index contributed by atoms with van der Waals surface area (Å²) < 4.78 is 5.58. The molecule has 150 valence electrons. The van der Waals surface area contributed by atoms with Gasteiger partial charge in [0.05, 0.1) is 0 Å². The molecule has 0 radical (unpaired) electrons. The first-order valence-electron chi connectivity index (χ1n) is 8.89. The molecule has 1 saturated heterocycles. The van der Waals surface area contributed by atoms with Gasteiger partial charge in [0, 0.05) is 23.9 Å². The topological polar surface area (TPSA) is 61.9 Å². The molecule has 1 aliphatic rings. The van der Waals surface area contributed by atoms with Gasteiger partial charge in [-0.1, -0.05) is 23.7 Å². The van der Waals surface area contributed by atoms with Crippen molar-refractivity contribution in [1.82, 2.24) is 15.1 Å². The average Bonchev–Trinajstić information content (AvgIpc) is 2.98. The highest BCUT2D eigenvalue weighted by molar-refractivity contribution is 7.99. The lowest BCUT2D eigenvalue weighted by Crippen LogP contribution is -2.50. The molecule has 1 N–H and O–H groups in total. The smallest absolute Gasteiger partial charge is 0.412 e. The monoisotopic (exact) mass is 413 g/mol. The summed E-state index contributed by atoms with van der Waals surface area (Å²) >= 11 is 7.54. The van der Waals surface area contributed by atoms with Gasteiger partial charge in [-0.3, -0.25) is 9.69 Å². The molecular formula is C19H28ClN3O3S. The van der Waals surface area contributed by atoms with Gasteiger partial charge in [0.1, 0.15) is 17.0 Å². The normalized spacial score (nSPS) is 20.0. The van der Waals surface area contributed by atoms with E-state index in [0.717, 1.165) is 12.1 Å². The van der Waals surface area contributed by atoms with Gasteiger partial charge in [0.2, 0.25) is 5.91 Å². The van der Waals surface area contributed by atoms with Crippen molar-refractivity contribution in [2.24, 2.45) is 0 Å². The lowest BCUT2D eigenvalue weighted by atomic mass is 10.1. The van der Waals surface area contributed by atoms with E-state index in [2.05, 4.69) is 5.32 Å². The van der Waals surface area contributed by atoms with Gasteiger partial charge in [0.15, 0.2) is 0 Å². The number of amides is 2. The molecular weight excluding hydrogens is 386 g/mol. The van der Waals surface area contributed by atoms with E-state index in [0.29, 0.717) is 17.3 Å². The van der Waals surface area contributed by atoms with Gasteiger partial charge in [0.25, 0.3) is 0 Å². The molecule has 2 rings (SSSR count). The van der Waals surface area contributed by atoms with E-state index in [-0.39, 0.29) is 11.3 Å². The van der Waals surface area contributed by atoms with Crippen LogP contribution in [0.1, 0.15) is 31.7 Å². The molecule has 0 aromatic heterocycles. The number of benzene rings is 1. The van der Waals surface area contributed by atoms with Crippen molar-refractivity contribution in [2.75, 3.05) is 32.9 Å². The predicted octanol–water partition coefficient (Wildman–Crippen LogP) is 3.37. The summed E-state index contributed by atoms with van der Waals surface area (Å²) in [6.07, 6.45) is -0.486. The number of hydrogen-bond acceptors (Lipinski definition) is 5. The van der Waals surface area contributed by atoms with E-state index in [1.807, 2.05) is 51.9 Å². The maximum atomic E-state index is 12.9. The lowest BCUT2D eigenvalue weighted by molar-refractivity contribution is -0.125. The Labute approximate surface area is 170 Å². The molecule has 0 spiro atoms. The third-order valence-electron chi connectivity index (χ3n) is 3.92. The molecule has 6 nitrogen and oxygen atoms in total. The number of carbonyl (C=O) groups is 2. The van der Waals surface area contributed by atoms with Crippen molar-refractivity contribution in [3.63, 3.8) is 0 Å². The predicted molar refractivity (Wildman–Crippen MR) is 110 cm³/mol. The number of ether oxygens (including phenoxy) is 1. The van der Waals surface area contributed by atoms with E-state index in [4.69, 9.17) is 16.3 Å². The van der Waals surface area contributed by atoms with E-state index in [1.54, 1.807) is 28.8 Å². The zero-order valence-electron chi connectivity index (χ0n) is 16.5. The molecule has 0 saturated carbocycles. The second-order valence-electron chi connectivity index (χ2n) is 7.73. The Morgan fingerprint density at radius 3 is 2.48 bits per heavy atom. The Hall–Kier alpha value is -1.44. The molecule has 0 bridgehead atoms. The van der Waals surface area contributed by atoms with Crippen LogP contribution in [0.2, 0.25) is 5.02 Å². The first kappa shape index (κ1) is 21.9. The van der Waals surface area contributed by atoms with E-state index < -0.39 is 17.7 Å². The van der Waals surface area contributed by atoms with Crippen molar-refractivity contribution in [3.05, 3.63) is 34.9 Å². The lowest BCUT2D eigenvalue weighted by Gasteiger charge is -2.31. The zero-order chi connectivity index (χ0) is 20.2. The molecule has 27 heavy (non-hydrogen) atoms. The molecule has 0 aliphatic carbocycles. The van der Waals surface area contributed by atoms with Crippen molar-refractivity contribution >= 4 is 35.4 Å². The number of hydrogen-bond donors (Lipinski definition) is 1. The molecule has 2 unspecified atom stereocenters. The number of likely N-dealkylation sites (N-methyl/N-ethyl adjacent to an activating group) is 1. The van der Waals surface area contributed by atoms with Crippen LogP contribution in [-0.4, -0.2) is 66.4 Å². The zero-order valence-corrected chi connectivity index (χ0v) is 18.1. The molecule has 1 aliphatic heterocycles. The number of rotatable bonds is 5. The maximum absolute atomic E-state index is 12.9. The molecule has 2 atom stereocenters. The Balaban J connectivity index is 2.21. The Morgan fingerprint density at radius 2 is 1.93 bits per heavy atom. The highest BCUT2D eigenvalue weighted by Crippen LogP contribution is 2.42. The molecule has 1 heterocycles. The van der Waals surface area contributed by atoms with Crippen molar-refractivity contribution < 1.29 is 14.3 Å². The minimum Gasteiger partial charge on any atom is -0.444 e. The van der Waals surface area contributed by atoms with Crippen LogP contribution >= 0.6 is 23.4 Å². The summed E-state index contributed by atoms with van der Waals surface area (Å²) in [5, 5.41) is 3.26. The summed E-state index contributed by atoms with van der Waals surface area (Å²) in [7, 11) is 3.89. The molecule has 1 aromatic rings. The molecule has 1 aromatic carbocycles. The van der Waals surface area contributed by atoms with E-state index >= 15 is 0 Å². The Kier molecular flexibility index (Phi) is 7.42. The summed E-state index contributed by atoms with van der Waals surface area (Å²) in [6.45, 7) is 6.71. The summed E-state index contributed by atoms with van der Waals surface area (Å²) in [4.78, 5) is 29.1. The van der Waals surface area contributed by atoms with Crippen LogP contribution in [0, 0.1) is 0 Å². The van der Waals surface area contributed by atoms with E-state index in [9.17, 15) is 9.59 Å². The van der Waals surface area contributed by atoms with Crippen LogP contribution in [0.5, 0.6) is 0 Å². The third kappa shape index (κ3) is 6.30. The van der Waals surface area contributed by atoms with Gasteiger partial charge in [-0.05, 0) is 52.6 Å². The largest absolute Gasteiger partial charge is 0.444 e. The number of nitrogens with zero attached hydrogens (tertiary/aromatic N) is 2. The van der Waals surface area contributed by atoms with Crippen LogP contribution < -0.4 is 5.32 Å². The summed E-state index contributed by atoms with van der Waals surface area (Å²) in [6, 6.07) is 6.75. The second-order valence-corrected chi connectivity index (χ2v) is 9.28. The van der Waals surface area contributed by atoms with E-state index in [1.165, 1.54) is 0 Å². The Bertz CT molecular complexity index is 661. The van der Waals surface area contributed by atoms with Crippen LogP contribution in [0.4, 0.5) is 4.79 Å². The van der Waals surface area contributed by atoms with Gasteiger partial charge >= 0.3 is 6.09 Å². The first-order valence-corrected chi connectivity index (χ1v) is 10.3. The van der Waals surface area contributed by atoms with Crippen molar-refractivity contribution in [1.29, 1.82) is 0 Å². The first-order chi connectivity index (χ1) is 12.6. The fraction of sp³-hybridized carbons (Fsp3) is 0.579. The van der Waals surface area contributed by atoms with Gasteiger partial charge in [-0.15, -0.1) is 11.8 Å². The number of halogens is 1. The molecule has 2 amide bonds. The quantitative estimate of drug-likeness (QED) is 0.801. The SMILES string of the molecule is CN(C)CCNC(=O)C1CSC(c2ccc(Cl)cc2)N1C(=O)OC(C)(C)C. The van der Waals surface area contributed by atoms with Crippen LogP contribution in [-0.2, 0) is 9.53 Å². The minimum absolute atomic E-state index is 0.160. The van der Waals surface area contributed by atoms with Gasteiger partial charge < -0.3 is 15.0 Å². The van der Waals surface area contributed by atoms with Gasteiger partial charge in [-0.25, -0.2) is 4.79 Å². The summed E-state index contributed by atoms with van der Waals surface area (Å²) in [5.74, 6) is 0.354. The van der Waals surface area contributed by atoms with Crippen LogP contribution in [0.3, 0.4) is 0 Å². The number of carbonyl (C=O) groups excluding carboxylic acids is 2. The average molecular weight is 414 g/mol. The number of nitrogens with one attached hydrogen (secondary N) is 1. The second kappa shape index (κ2) is 9.17. The minimum atomic E-state index is -0.638. The summed E-state index contributed by atoms with van der Waals surface area (Å²) in [5.41, 5.74) is 0.278. The Morgan fingerprint density at radius 1 is 1.30 bits per heavy atom. The van der Waals surface area contributed by atoms with Crippen molar-refractivity contribution in [3.8, 4) is 0 Å². The number of thioether (sulfide) groups is 1. The van der Waals surface area contributed by atoms with Crippen LogP contribution in [0.15, 0.2) is 24.3 Å². The maximum Gasteiger partial charge on any atom is 0.412 e. The van der Waals surface area contributed by atoms with Gasteiger partial charge in [-0.2, -0.15) is 0 Å². The van der Waals surface area contributed by atoms with Crippen molar-refractivity contribution in [2.45, 2.75) is 37.8 Å². The fourth-order valence-electron chi connectivity index (χ4n) is 2.65. The highest BCUT2D eigenvalue weighted by Gasteiger charge is 2.44. The van der Waals surface area contributed by atoms with Crippen LogP contribution in [0.25, 0.3) is 0 Å².